The number of furan rings is 1. The normalized spacial score (nSPS) is 11.3. The molecule has 0 bridgehead atoms. The number of fused-ring (bicyclic) bond motifs is 3. The molecule has 2 aromatic heterocycles. The largest absolute Gasteiger partial charge is 0.456 e. The molecular weight excluding hydrogens is 653 g/mol. The maximum absolute atomic E-state index is 6.50. The van der Waals surface area contributed by atoms with E-state index in [1.54, 1.807) is 0 Å². The standard InChI is InChI=1S/C45H24B5N3O/c46-38-37(39(47)41(49)42(50)40(38)48)33-12-7-13-34-36(33)32-23-22-31(24-35(32)54-34)45-52-43(29-18-14-27(15-19-29)25-8-3-1-4-9-25)51-44(53-45)30-20-16-28(17-21-30)26-10-5-2-6-11-26/h1-24H. The van der Waals surface area contributed by atoms with Crippen molar-refractivity contribution >= 4 is 88.5 Å². The molecule has 0 N–H and O–H groups in total. The molecule has 4 nitrogen and oxygen atoms in total. The van der Waals surface area contributed by atoms with Crippen molar-refractivity contribution < 1.29 is 4.42 Å². The summed E-state index contributed by atoms with van der Waals surface area (Å²) in [5.41, 5.74) is 10.6. The van der Waals surface area contributed by atoms with Crippen molar-refractivity contribution in [1.82, 2.24) is 15.0 Å². The fourth-order valence-corrected chi connectivity index (χ4v) is 6.96. The molecule has 10 radical (unpaired) electrons. The molecule has 0 fully saturated rings. The van der Waals surface area contributed by atoms with Gasteiger partial charge in [-0.25, -0.2) is 15.0 Å². The summed E-state index contributed by atoms with van der Waals surface area (Å²) in [6, 6.07) is 48.6. The maximum atomic E-state index is 6.50. The topological polar surface area (TPSA) is 51.8 Å². The second-order valence-corrected chi connectivity index (χ2v) is 13.1. The molecule has 2 heterocycles. The third-order valence-corrected chi connectivity index (χ3v) is 9.86. The van der Waals surface area contributed by atoms with E-state index in [9.17, 15) is 0 Å². The molecular formula is C45H24B5N3O. The smallest absolute Gasteiger partial charge is 0.164 e. The zero-order chi connectivity index (χ0) is 36.9. The van der Waals surface area contributed by atoms with Gasteiger partial charge in [0.15, 0.2) is 17.5 Å². The van der Waals surface area contributed by atoms with Gasteiger partial charge in [0.2, 0.25) is 0 Å². The highest BCUT2D eigenvalue weighted by Gasteiger charge is 2.19. The van der Waals surface area contributed by atoms with Gasteiger partial charge in [0, 0.05) is 27.5 Å². The van der Waals surface area contributed by atoms with Crippen molar-refractivity contribution in [3.8, 4) is 67.5 Å². The third kappa shape index (κ3) is 5.86. The van der Waals surface area contributed by atoms with Crippen LogP contribution in [0.5, 0.6) is 0 Å². The molecule has 0 saturated heterocycles. The van der Waals surface area contributed by atoms with Crippen molar-refractivity contribution in [2.45, 2.75) is 0 Å². The number of nitrogens with zero attached hydrogens (tertiary/aromatic N) is 3. The Balaban J connectivity index is 1.18. The zero-order valence-electron chi connectivity index (χ0n) is 29.0. The molecule has 9 rings (SSSR count). The van der Waals surface area contributed by atoms with Crippen molar-refractivity contribution in [3.05, 3.63) is 146 Å². The van der Waals surface area contributed by atoms with E-state index in [2.05, 4.69) is 48.5 Å². The Kier molecular flexibility index (Phi) is 8.43. The summed E-state index contributed by atoms with van der Waals surface area (Å²) in [5, 5.41) is 1.66. The number of rotatable bonds is 6. The molecule has 0 spiro atoms. The average Bonchev–Trinajstić information content (AvgIpc) is 3.61. The van der Waals surface area contributed by atoms with Gasteiger partial charge < -0.3 is 4.42 Å². The van der Waals surface area contributed by atoms with Gasteiger partial charge in [-0.05, 0) is 51.6 Å². The lowest BCUT2D eigenvalue weighted by Crippen LogP contribution is -2.55. The predicted octanol–water partition coefficient (Wildman–Crippen LogP) is 5.74. The van der Waals surface area contributed by atoms with E-state index >= 15 is 0 Å². The van der Waals surface area contributed by atoms with Crippen molar-refractivity contribution in [3.63, 3.8) is 0 Å². The van der Waals surface area contributed by atoms with Crippen LogP contribution in [0.15, 0.2) is 150 Å². The fraction of sp³-hybridized carbons (Fsp3) is 0. The average molecular weight is 677 g/mol. The molecule has 0 atom stereocenters. The van der Waals surface area contributed by atoms with Crippen LogP contribution in [0.3, 0.4) is 0 Å². The van der Waals surface area contributed by atoms with Crippen LogP contribution in [0.2, 0.25) is 0 Å². The highest BCUT2D eigenvalue weighted by molar-refractivity contribution is 6.69. The number of hydrogen-bond acceptors (Lipinski definition) is 4. The second kappa shape index (κ2) is 13.6. The van der Waals surface area contributed by atoms with Crippen LogP contribution in [0.4, 0.5) is 0 Å². The van der Waals surface area contributed by atoms with Gasteiger partial charge in [-0.2, -0.15) is 0 Å². The minimum Gasteiger partial charge on any atom is -0.456 e. The van der Waals surface area contributed by atoms with Crippen LogP contribution in [0.1, 0.15) is 0 Å². The van der Waals surface area contributed by atoms with Crippen molar-refractivity contribution in [2.75, 3.05) is 0 Å². The SMILES string of the molecule is [B]c1c([B])c([B])c(-c2cccc3oc4cc(-c5nc(-c6ccc(-c7ccccc7)cc6)nc(-c6ccc(-c7ccccc7)cc6)n5)ccc4c23)c([B])c1[B]. The van der Waals surface area contributed by atoms with E-state index in [4.69, 9.17) is 58.6 Å². The Morgan fingerprint density at radius 1 is 0.352 bits per heavy atom. The number of hydrogen-bond donors (Lipinski definition) is 0. The summed E-state index contributed by atoms with van der Waals surface area (Å²) >= 11 is 0. The van der Waals surface area contributed by atoms with Crippen molar-refractivity contribution in [1.29, 1.82) is 0 Å². The van der Waals surface area contributed by atoms with Crippen LogP contribution in [-0.2, 0) is 0 Å². The maximum Gasteiger partial charge on any atom is 0.164 e. The van der Waals surface area contributed by atoms with E-state index < -0.39 is 0 Å². The van der Waals surface area contributed by atoms with E-state index in [1.807, 2.05) is 97.1 Å². The minimum absolute atomic E-state index is 0.165. The Morgan fingerprint density at radius 3 is 1.30 bits per heavy atom. The first-order valence-electron chi connectivity index (χ1n) is 17.4. The van der Waals surface area contributed by atoms with Crippen LogP contribution in [0, 0.1) is 0 Å². The molecule has 9 heteroatoms. The fourth-order valence-electron chi connectivity index (χ4n) is 6.96. The van der Waals surface area contributed by atoms with Gasteiger partial charge in [-0.15, -0.1) is 16.4 Å². The monoisotopic (exact) mass is 677 g/mol. The highest BCUT2D eigenvalue weighted by Crippen LogP contribution is 2.37. The van der Waals surface area contributed by atoms with E-state index in [-0.39, 0.29) is 27.3 Å². The molecule has 54 heavy (non-hydrogen) atoms. The molecule has 0 aliphatic heterocycles. The Hall–Kier alpha value is -6.33. The Morgan fingerprint density at radius 2 is 0.778 bits per heavy atom. The summed E-state index contributed by atoms with van der Waals surface area (Å²) in [5.74, 6) is 1.61. The first kappa shape index (κ1) is 33.5. The molecule has 0 aliphatic rings. The molecule has 0 saturated carbocycles. The summed E-state index contributed by atoms with van der Waals surface area (Å²) in [4.78, 5) is 15.0. The van der Waals surface area contributed by atoms with Crippen LogP contribution in [0.25, 0.3) is 89.5 Å². The summed E-state index contributed by atoms with van der Waals surface area (Å²) < 4.78 is 6.44. The molecule has 240 valence electrons. The number of benzene rings is 7. The second-order valence-electron chi connectivity index (χ2n) is 13.1. The quantitative estimate of drug-likeness (QED) is 0.211. The van der Waals surface area contributed by atoms with E-state index in [0.29, 0.717) is 34.2 Å². The Labute approximate surface area is 319 Å². The van der Waals surface area contributed by atoms with Gasteiger partial charge in [0.1, 0.15) is 50.4 Å². The molecule has 0 unspecified atom stereocenters. The molecule has 0 aliphatic carbocycles. The van der Waals surface area contributed by atoms with Gasteiger partial charge in [-0.1, -0.05) is 138 Å². The molecule has 9 aromatic rings. The summed E-state index contributed by atoms with van der Waals surface area (Å²) in [6.45, 7) is 0. The first-order valence-corrected chi connectivity index (χ1v) is 17.4. The molecule has 7 aromatic carbocycles. The van der Waals surface area contributed by atoms with Gasteiger partial charge in [0.05, 0.1) is 0 Å². The van der Waals surface area contributed by atoms with Gasteiger partial charge in [0.25, 0.3) is 0 Å². The van der Waals surface area contributed by atoms with Crippen LogP contribution < -0.4 is 27.3 Å². The molecule has 0 amide bonds. The lowest BCUT2D eigenvalue weighted by molar-refractivity contribution is 0.669. The van der Waals surface area contributed by atoms with E-state index in [1.165, 1.54) is 0 Å². The van der Waals surface area contributed by atoms with Crippen molar-refractivity contribution in [2.24, 2.45) is 0 Å². The lowest BCUT2D eigenvalue weighted by atomic mass is 9.59. The predicted molar refractivity (Wildman–Crippen MR) is 227 cm³/mol. The van der Waals surface area contributed by atoms with E-state index in [0.717, 1.165) is 55.3 Å². The zero-order valence-corrected chi connectivity index (χ0v) is 29.0. The van der Waals surface area contributed by atoms with Crippen LogP contribution in [-0.4, -0.2) is 54.2 Å². The summed E-state index contributed by atoms with van der Waals surface area (Å²) in [7, 11) is 31.6. The van der Waals surface area contributed by atoms with Gasteiger partial charge >= 0.3 is 0 Å². The van der Waals surface area contributed by atoms with Crippen LogP contribution >= 0.6 is 0 Å². The minimum atomic E-state index is 0.165. The van der Waals surface area contributed by atoms with Gasteiger partial charge in [-0.3, -0.25) is 0 Å². The number of aromatic nitrogens is 3. The first-order chi connectivity index (χ1) is 26.3. The summed E-state index contributed by atoms with van der Waals surface area (Å²) in [6.07, 6.45) is 0. The Bertz CT molecular complexity index is 2730. The third-order valence-electron chi connectivity index (χ3n) is 9.86. The lowest BCUT2D eigenvalue weighted by Gasteiger charge is -2.21. The highest BCUT2D eigenvalue weighted by atomic mass is 16.3.